The van der Waals surface area contributed by atoms with Gasteiger partial charge in [-0.2, -0.15) is 0 Å². The van der Waals surface area contributed by atoms with Crippen molar-refractivity contribution in [3.63, 3.8) is 0 Å². The van der Waals surface area contributed by atoms with Crippen LogP contribution in [-0.4, -0.2) is 98.1 Å². The Kier molecular flexibility index (Phi) is 9.38. The number of nitrogens with zero attached hydrogens (tertiary/aromatic N) is 5. The number of likely N-dealkylation sites (tertiary alicyclic amines) is 2. The number of rotatable bonds is 9. The molecule has 2 aromatic carbocycles. The lowest BCUT2D eigenvalue weighted by Crippen LogP contribution is -2.49. The number of alkyl carbamates (subject to hydrolysis) is 2. The Hall–Kier alpha value is -5.99. The molecule has 3 aromatic heterocycles. The van der Waals surface area contributed by atoms with E-state index in [2.05, 4.69) is 66.7 Å². The number of aromatic nitrogens is 5. The maximum atomic E-state index is 13.6. The Morgan fingerprint density at radius 2 is 1.39 bits per heavy atom. The van der Waals surface area contributed by atoms with E-state index in [1.807, 2.05) is 23.4 Å². The van der Waals surface area contributed by atoms with Crippen molar-refractivity contribution in [1.82, 2.24) is 45.4 Å². The fourth-order valence-corrected chi connectivity index (χ4v) is 7.83. The van der Waals surface area contributed by atoms with Crippen LogP contribution in [0.5, 0.6) is 0 Å². The zero-order valence-corrected chi connectivity index (χ0v) is 30.4. The Labute approximate surface area is 311 Å². The highest BCUT2D eigenvalue weighted by Crippen LogP contribution is 2.38. The number of nitrogens with one attached hydrogen (secondary N) is 4. The molecule has 1 aliphatic carbocycles. The number of hydrogen-bond acceptors (Lipinski definition) is 9. The van der Waals surface area contributed by atoms with E-state index in [0.717, 1.165) is 83.0 Å². The number of pyridine rings is 1. The summed E-state index contributed by atoms with van der Waals surface area (Å²) < 4.78 is 9.44. The zero-order valence-electron chi connectivity index (χ0n) is 30.4. The van der Waals surface area contributed by atoms with Gasteiger partial charge in [-0.05, 0) is 85.9 Å². The molecule has 15 nitrogen and oxygen atoms in total. The molecule has 0 radical (unpaired) electrons. The molecule has 5 aromatic rings. The van der Waals surface area contributed by atoms with Gasteiger partial charge in [-0.1, -0.05) is 24.3 Å². The van der Waals surface area contributed by atoms with Crippen LogP contribution in [0.2, 0.25) is 0 Å². The first-order valence-electron chi connectivity index (χ1n) is 18.5. The lowest BCUT2D eigenvalue weighted by Gasteiger charge is -2.28. The first-order chi connectivity index (χ1) is 26.2. The molecule has 5 heterocycles. The number of benzene rings is 2. The summed E-state index contributed by atoms with van der Waals surface area (Å²) in [5, 5.41) is 7.44. The Balaban J connectivity index is 0.976. The van der Waals surface area contributed by atoms with E-state index in [1.165, 1.54) is 14.2 Å². The quantitative estimate of drug-likeness (QED) is 0.154. The van der Waals surface area contributed by atoms with Gasteiger partial charge in [0, 0.05) is 30.4 Å². The number of ether oxygens (including phenoxy) is 2. The van der Waals surface area contributed by atoms with Crippen molar-refractivity contribution in [3.8, 4) is 22.4 Å². The SMILES string of the molecule is COC(=O)N[C@@H](C)C(=O)N1CCC[C@H]1c1nc2ncc(-c3ccc4cc(-c5cnc([C@@H]6CCCN6C(=O)[C@@H](NC(=O)OC)C6CC6)[nH]5)ccc4c3)cc2[nH]1. The molecule has 3 aliphatic rings. The maximum absolute atomic E-state index is 13.6. The summed E-state index contributed by atoms with van der Waals surface area (Å²) in [6.07, 6.45) is 7.45. The fourth-order valence-electron chi connectivity index (χ4n) is 7.83. The summed E-state index contributed by atoms with van der Waals surface area (Å²) in [6, 6.07) is 12.8. The van der Waals surface area contributed by atoms with Crippen LogP contribution in [-0.2, 0) is 19.1 Å². The topological polar surface area (TPSA) is 188 Å². The molecule has 0 bridgehead atoms. The molecule has 54 heavy (non-hydrogen) atoms. The van der Waals surface area contributed by atoms with E-state index >= 15 is 0 Å². The van der Waals surface area contributed by atoms with Crippen LogP contribution >= 0.6 is 0 Å². The second-order valence-electron chi connectivity index (χ2n) is 14.4. The predicted molar refractivity (Wildman–Crippen MR) is 199 cm³/mol. The predicted octanol–water partition coefficient (Wildman–Crippen LogP) is 5.37. The molecule has 8 rings (SSSR count). The van der Waals surface area contributed by atoms with Crippen LogP contribution in [0.1, 0.15) is 69.2 Å². The Bertz CT molecular complexity index is 2250. The van der Waals surface area contributed by atoms with Crippen molar-refractivity contribution in [2.75, 3.05) is 27.3 Å². The standard InChI is InChI=1S/C39H43N9O6/c1-21(42-38(51)53-2)36(49)47-14-5-7-31(47)35-43-28-18-27(19-40-33(28)46-35)25-11-10-24-17-26(13-12-23(24)16-25)29-20-41-34(44-29)30-6-4-15-48(30)37(50)32(22-8-9-22)45-39(52)54-3/h10-13,16-22,30-32H,4-9,14-15H2,1-3H3,(H,41,44)(H,42,51)(H,45,52)(H,40,43,46)/t21-,30-,31-,32-/m0/s1. The number of fused-ring (bicyclic) bond motifs is 2. The molecule has 4 atom stereocenters. The second kappa shape index (κ2) is 14.4. The number of hydrogen-bond donors (Lipinski definition) is 4. The highest BCUT2D eigenvalue weighted by Gasteiger charge is 2.43. The minimum absolute atomic E-state index is 0.0827. The summed E-state index contributed by atoms with van der Waals surface area (Å²) >= 11 is 0. The molecule has 4 amide bonds. The third-order valence-corrected chi connectivity index (χ3v) is 10.8. The van der Waals surface area contributed by atoms with Gasteiger partial charge in [0.15, 0.2) is 5.65 Å². The van der Waals surface area contributed by atoms with Crippen LogP contribution in [0, 0.1) is 5.92 Å². The molecule has 0 spiro atoms. The molecule has 280 valence electrons. The molecule has 0 unspecified atom stereocenters. The Morgan fingerprint density at radius 3 is 2.09 bits per heavy atom. The molecule has 15 heteroatoms. The summed E-state index contributed by atoms with van der Waals surface area (Å²) in [6.45, 7) is 2.84. The van der Waals surface area contributed by atoms with Gasteiger partial charge in [0.1, 0.15) is 23.7 Å². The van der Waals surface area contributed by atoms with Gasteiger partial charge in [-0.25, -0.2) is 24.5 Å². The number of carbonyl (C=O) groups is 4. The van der Waals surface area contributed by atoms with Crippen LogP contribution in [0.4, 0.5) is 9.59 Å². The van der Waals surface area contributed by atoms with Crippen molar-refractivity contribution in [1.29, 1.82) is 0 Å². The first-order valence-corrected chi connectivity index (χ1v) is 18.5. The van der Waals surface area contributed by atoms with Gasteiger partial charge in [-0.3, -0.25) is 9.59 Å². The average Bonchev–Trinajstić information content (AvgIpc) is 3.62. The summed E-state index contributed by atoms with van der Waals surface area (Å²) in [4.78, 5) is 75.0. The lowest BCUT2D eigenvalue weighted by atomic mass is 10.00. The van der Waals surface area contributed by atoms with Gasteiger partial charge in [0.05, 0.1) is 43.7 Å². The maximum Gasteiger partial charge on any atom is 0.407 e. The minimum atomic E-state index is -0.725. The number of imidazole rings is 2. The normalized spacial score (nSPS) is 19.5. The van der Waals surface area contributed by atoms with E-state index in [4.69, 9.17) is 14.7 Å². The van der Waals surface area contributed by atoms with Crippen molar-refractivity contribution in [3.05, 3.63) is 66.5 Å². The summed E-state index contributed by atoms with van der Waals surface area (Å²) in [5.74, 6) is 1.27. The third kappa shape index (κ3) is 6.81. The lowest BCUT2D eigenvalue weighted by molar-refractivity contribution is -0.135. The van der Waals surface area contributed by atoms with E-state index in [1.54, 1.807) is 11.8 Å². The zero-order chi connectivity index (χ0) is 37.5. The van der Waals surface area contributed by atoms with Crippen LogP contribution < -0.4 is 10.6 Å². The third-order valence-electron chi connectivity index (χ3n) is 10.8. The van der Waals surface area contributed by atoms with E-state index in [0.29, 0.717) is 24.6 Å². The highest BCUT2D eigenvalue weighted by atomic mass is 16.5. The molecular formula is C39H43N9O6. The molecule has 2 aliphatic heterocycles. The smallest absolute Gasteiger partial charge is 0.407 e. The Morgan fingerprint density at radius 1 is 0.741 bits per heavy atom. The molecule has 2 saturated heterocycles. The van der Waals surface area contributed by atoms with Gasteiger partial charge in [0.2, 0.25) is 11.8 Å². The van der Waals surface area contributed by atoms with Gasteiger partial charge in [0.25, 0.3) is 0 Å². The first kappa shape index (κ1) is 35.1. The highest BCUT2D eigenvalue weighted by molar-refractivity contribution is 5.92. The second-order valence-corrected chi connectivity index (χ2v) is 14.4. The number of carbonyl (C=O) groups excluding carboxylic acids is 4. The molecular weight excluding hydrogens is 690 g/mol. The van der Waals surface area contributed by atoms with Gasteiger partial charge < -0.3 is 39.9 Å². The van der Waals surface area contributed by atoms with Crippen LogP contribution in [0.15, 0.2) is 54.9 Å². The average molecular weight is 734 g/mol. The minimum Gasteiger partial charge on any atom is -0.453 e. The van der Waals surface area contributed by atoms with E-state index in [9.17, 15) is 19.2 Å². The van der Waals surface area contributed by atoms with E-state index < -0.39 is 24.3 Å². The van der Waals surface area contributed by atoms with Gasteiger partial charge >= 0.3 is 12.2 Å². The number of aromatic amines is 2. The number of methoxy groups -OCH3 is 2. The molecule has 4 N–H and O–H groups in total. The van der Waals surface area contributed by atoms with Crippen molar-refractivity contribution in [2.45, 2.75) is 69.6 Å². The summed E-state index contributed by atoms with van der Waals surface area (Å²) in [5.41, 5.74) is 5.13. The number of H-pyrrole nitrogens is 2. The monoisotopic (exact) mass is 733 g/mol. The number of amides is 4. The fraction of sp³-hybridized carbons (Fsp3) is 0.410. The van der Waals surface area contributed by atoms with Crippen LogP contribution in [0.3, 0.4) is 0 Å². The molecule has 3 fully saturated rings. The van der Waals surface area contributed by atoms with E-state index in [-0.39, 0.29) is 29.8 Å². The van der Waals surface area contributed by atoms with Crippen molar-refractivity contribution >= 4 is 45.9 Å². The van der Waals surface area contributed by atoms with Crippen LogP contribution in [0.25, 0.3) is 44.3 Å². The molecule has 1 saturated carbocycles. The van der Waals surface area contributed by atoms with Crippen molar-refractivity contribution in [2.24, 2.45) is 5.92 Å². The largest absolute Gasteiger partial charge is 0.453 e. The van der Waals surface area contributed by atoms with Crippen molar-refractivity contribution < 1.29 is 28.7 Å². The summed E-state index contributed by atoms with van der Waals surface area (Å²) in [7, 11) is 2.58. The van der Waals surface area contributed by atoms with Gasteiger partial charge in [-0.15, -0.1) is 0 Å².